The summed E-state index contributed by atoms with van der Waals surface area (Å²) in [5, 5.41) is 0. The number of rotatable bonds is 25. The van der Waals surface area contributed by atoms with E-state index in [0.717, 1.165) is 25.7 Å². The smallest absolute Gasteiger partial charge is 0.220 e. The van der Waals surface area contributed by atoms with Crippen molar-refractivity contribution in [2.75, 3.05) is 0 Å². The number of allylic oxidation sites excluding steroid dienone is 8. The Labute approximate surface area is 213 Å². The molecule has 2 N–H and O–H groups in total. The molecule has 0 fully saturated rings. The lowest BCUT2D eigenvalue weighted by molar-refractivity contribution is -0.122. The highest BCUT2D eigenvalue weighted by molar-refractivity contribution is 5.76. The van der Waals surface area contributed by atoms with E-state index in [1.807, 2.05) is 0 Å². The van der Waals surface area contributed by atoms with Crippen molar-refractivity contribution in [3.05, 3.63) is 48.6 Å². The maximum Gasteiger partial charge on any atom is 0.220 e. The molecular weight excluding hydrogens is 414 g/mol. The number of primary amides is 1. The number of nitrogens with two attached hydrogens (primary N) is 1. The summed E-state index contributed by atoms with van der Waals surface area (Å²) < 4.78 is 0. The van der Waals surface area contributed by atoms with E-state index in [2.05, 4.69) is 62.5 Å². The van der Waals surface area contributed by atoms with Gasteiger partial charge in [0.2, 0.25) is 5.91 Å². The van der Waals surface area contributed by atoms with E-state index < -0.39 is 0 Å². The van der Waals surface area contributed by atoms with E-state index in [4.69, 9.17) is 5.73 Å². The number of unbranched alkanes of at least 4 members (excludes halogenated alkanes) is 16. The van der Waals surface area contributed by atoms with Gasteiger partial charge in [-0.05, 0) is 32.1 Å². The van der Waals surface area contributed by atoms with Gasteiger partial charge in [-0.1, -0.05) is 159 Å². The normalized spacial score (nSPS) is 13.2. The van der Waals surface area contributed by atoms with Gasteiger partial charge in [-0.25, -0.2) is 0 Å². The lowest BCUT2D eigenvalue weighted by Crippen LogP contribution is -2.22. The Bertz CT molecular complexity index is 543. The van der Waals surface area contributed by atoms with Gasteiger partial charge in [-0.3, -0.25) is 4.79 Å². The van der Waals surface area contributed by atoms with Gasteiger partial charge < -0.3 is 5.73 Å². The molecule has 1 amide bonds. The molecule has 34 heavy (non-hydrogen) atoms. The van der Waals surface area contributed by atoms with Crippen LogP contribution in [0.4, 0.5) is 0 Å². The number of hydrogen-bond donors (Lipinski definition) is 1. The van der Waals surface area contributed by atoms with Gasteiger partial charge in [0.15, 0.2) is 0 Å². The standard InChI is InChI=1S/C32H57NO/c1-3-5-6-7-8-9-10-11-12-13-14-15-16-17-18-19-20-21-22-23-24-25-26-27-28-29-30-31(4-2)32(33)34/h5-12,31H,3-4,13-30H2,1-2H3,(H2,33,34)/b6-5+,8-7+,10-9+,12-11+. The fourth-order valence-electron chi connectivity index (χ4n) is 4.32. The summed E-state index contributed by atoms with van der Waals surface area (Å²) >= 11 is 0. The molecule has 0 aliphatic carbocycles. The van der Waals surface area contributed by atoms with Gasteiger partial charge in [0.25, 0.3) is 0 Å². The first-order valence-corrected chi connectivity index (χ1v) is 14.7. The van der Waals surface area contributed by atoms with Gasteiger partial charge in [-0.15, -0.1) is 0 Å². The Kier molecular flexibility index (Phi) is 26.4. The first kappa shape index (κ1) is 32.4. The highest BCUT2D eigenvalue weighted by atomic mass is 16.1. The van der Waals surface area contributed by atoms with Crippen LogP contribution in [0.5, 0.6) is 0 Å². The van der Waals surface area contributed by atoms with E-state index in [9.17, 15) is 4.79 Å². The van der Waals surface area contributed by atoms with E-state index in [-0.39, 0.29) is 11.8 Å². The second-order valence-electron chi connectivity index (χ2n) is 9.78. The van der Waals surface area contributed by atoms with Crippen molar-refractivity contribution in [3.8, 4) is 0 Å². The zero-order valence-electron chi connectivity index (χ0n) is 22.8. The molecule has 2 nitrogen and oxygen atoms in total. The van der Waals surface area contributed by atoms with E-state index in [1.165, 1.54) is 103 Å². The second-order valence-corrected chi connectivity index (χ2v) is 9.78. The molecule has 0 aliphatic heterocycles. The molecule has 0 saturated heterocycles. The summed E-state index contributed by atoms with van der Waals surface area (Å²) in [7, 11) is 0. The van der Waals surface area contributed by atoms with Crippen molar-refractivity contribution in [1.82, 2.24) is 0 Å². The van der Waals surface area contributed by atoms with Crippen LogP contribution >= 0.6 is 0 Å². The van der Waals surface area contributed by atoms with Crippen molar-refractivity contribution in [1.29, 1.82) is 0 Å². The predicted octanol–water partition coefficient (Wildman–Crippen LogP) is 10.2. The third kappa shape index (κ3) is 25.1. The Morgan fingerprint density at radius 3 is 1.35 bits per heavy atom. The fourth-order valence-corrected chi connectivity index (χ4v) is 4.32. The van der Waals surface area contributed by atoms with Crippen LogP contribution < -0.4 is 5.73 Å². The maximum atomic E-state index is 11.2. The zero-order valence-corrected chi connectivity index (χ0v) is 22.8. The minimum absolute atomic E-state index is 0.0984. The minimum atomic E-state index is -0.116. The van der Waals surface area contributed by atoms with Crippen LogP contribution in [-0.2, 0) is 4.79 Å². The first-order valence-electron chi connectivity index (χ1n) is 14.7. The molecule has 1 atom stereocenters. The Morgan fingerprint density at radius 1 is 0.559 bits per heavy atom. The maximum absolute atomic E-state index is 11.2. The first-order chi connectivity index (χ1) is 16.7. The van der Waals surface area contributed by atoms with Crippen molar-refractivity contribution in [3.63, 3.8) is 0 Å². The molecule has 0 bridgehead atoms. The molecule has 0 aromatic rings. The van der Waals surface area contributed by atoms with Crippen LogP contribution in [0.1, 0.15) is 142 Å². The highest BCUT2D eigenvalue weighted by Gasteiger charge is 2.11. The molecule has 0 spiro atoms. The van der Waals surface area contributed by atoms with Crippen LogP contribution in [0.25, 0.3) is 0 Å². The van der Waals surface area contributed by atoms with Crippen molar-refractivity contribution < 1.29 is 4.79 Å². The van der Waals surface area contributed by atoms with Gasteiger partial charge >= 0.3 is 0 Å². The molecule has 2 heteroatoms. The minimum Gasteiger partial charge on any atom is -0.369 e. The largest absolute Gasteiger partial charge is 0.369 e. The fraction of sp³-hybridized carbons (Fsp3) is 0.719. The van der Waals surface area contributed by atoms with Crippen LogP contribution in [0, 0.1) is 5.92 Å². The topological polar surface area (TPSA) is 43.1 Å². The number of amides is 1. The molecule has 0 rings (SSSR count). The van der Waals surface area contributed by atoms with Gasteiger partial charge in [0.1, 0.15) is 0 Å². The van der Waals surface area contributed by atoms with E-state index in [1.54, 1.807) is 0 Å². The summed E-state index contributed by atoms with van der Waals surface area (Å²) in [6, 6.07) is 0. The second kappa shape index (κ2) is 27.7. The summed E-state index contributed by atoms with van der Waals surface area (Å²) in [5.74, 6) is -0.0176. The highest BCUT2D eigenvalue weighted by Crippen LogP contribution is 2.16. The number of carbonyl (C=O) groups is 1. The van der Waals surface area contributed by atoms with E-state index in [0.29, 0.717) is 0 Å². The molecule has 0 aromatic carbocycles. The lowest BCUT2D eigenvalue weighted by atomic mass is 9.97. The molecule has 196 valence electrons. The van der Waals surface area contributed by atoms with Gasteiger partial charge in [0, 0.05) is 5.92 Å². The Hall–Kier alpha value is -1.57. The van der Waals surface area contributed by atoms with Crippen LogP contribution in [0.2, 0.25) is 0 Å². The summed E-state index contributed by atoms with van der Waals surface area (Å²) in [6.07, 6.45) is 43.2. The average Bonchev–Trinajstić information content (AvgIpc) is 2.83. The van der Waals surface area contributed by atoms with Crippen LogP contribution in [0.3, 0.4) is 0 Å². The number of carbonyl (C=O) groups excluding carboxylic acids is 1. The molecule has 0 saturated carbocycles. The third-order valence-electron chi connectivity index (χ3n) is 6.63. The summed E-state index contributed by atoms with van der Waals surface area (Å²) in [6.45, 7) is 4.21. The zero-order chi connectivity index (χ0) is 25.0. The molecule has 0 aliphatic rings. The number of hydrogen-bond acceptors (Lipinski definition) is 1. The molecule has 0 aromatic heterocycles. The van der Waals surface area contributed by atoms with E-state index >= 15 is 0 Å². The van der Waals surface area contributed by atoms with Gasteiger partial charge in [0.05, 0.1) is 0 Å². The Balaban J connectivity index is 3.23. The van der Waals surface area contributed by atoms with Crippen molar-refractivity contribution in [2.45, 2.75) is 142 Å². The molecule has 0 radical (unpaired) electrons. The average molecular weight is 472 g/mol. The summed E-state index contributed by atoms with van der Waals surface area (Å²) in [4.78, 5) is 11.2. The predicted molar refractivity (Wildman–Crippen MR) is 153 cm³/mol. The van der Waals surface area contributed by atoms with Crippen molar-refractivity contribution >= 4 is 5.91 Å². The van der Waals surface area contributed by atoms with Crippen molar-refractivity contribution in [2.24, 2.45) is 11.7 Å². The lowest BCUT2D eigenvalue weighted by Gasteiger charge is -2.09. The third-order valence-corrected chi connectivity index (χ3v) is 6.63. The van der Waals surface area contributed by atoms with Crippen LogP contribution in [0.15, 0.2) is 48.6 Å². The summed E-state index contributed by atoms with van der Waals surface area (Å²) in [5.41, 5.74) is 5.41. The monoisotopic (exact) mass is 471 g/mol. The van der Waals surface area contributed by atoms with Crippen LogP contribution in [-0.4, -0.2) is 5.91 Å². The quantitative estimate of drug-likeness (QED) is 0.104. The van der Waals surface area contributed by atoms with Gasteiger partial charge in [-0.2, -0.15) is 0 Å². The molecular formula is C32H57NO. The molecule has 1 unspecified atom stereocenters. The Morgan fingerprint density at radius 2 is 0.941 bits per heavy atom. The molecule has 0 heterocycles. The SMILES string of the molecule is CC/C=C/C=C/C=C/C=C/CCCCCCCCCCCCCCCCCCC(CC)C(N)=O.